The van der Waals surface area contributed by atoms with Gasteiger partial charge in [0, 0.05) is 0 Å². The van der Waals surface area contributed by atoms with Crippen LogP contribution in [0.5, 0.6) is 0 Å². The summed E-state index contributed by atoms with van der Waals surface area (Å²) in [6, 6.07) is 28.3. The molecule has 0 spiro atoms. The molecule has 0 aliphatic carbocycles. The first-order valence-corrected chi connectivity index (χ1v) is 18.7. The SMILES string of the molecule is CCCCP(CCCC)c1ccc2ccccc2c1-c1c(P(CCCC)CCCC)ccc2ccccc12. The topological polar surface area (TPSA) is 0 Å². The molecule has 4 rings (SSSR count). The minimum atomic E-state index is -0.187. The maximum Gasteiger partial charge on any atom is -0.00157 e. The van der Waals surface area contributed by atoms with Crippen LogP contribution in [0.3, 0.4) is 0 Å². The number of rotatable bonds is 15. The molecule has 0 bridgehead atoms. The Morgan fingerprint density at radius 1 is 0.421 bits per heavy atom. The fraction of sp³-hybridized carbons (Fsp3) is 0.444. The second kappa shape index (κ2) is 15.2. The highest BCUT2D eigenvalue weighted by Gasteiger charge is 2.24. The zero-order valence-corrected chi connectivity index (χ0v) is 26.1. The first-order chi connectivity index (χ1) is 18.7. The fourth-order valence-electron chi connectivity index (χ4n) is 5.67. The maximum absolute atomic E-state index is 2.54. The predicted molar refractivity (Wildman–Crippen MR) is 179 cm³/mol. The van der Waals surface area contributed by atoms with Crippen molar-refractivity contribution in [2.45, 2.75) is 79.1 Å². The Hall–Kier alpha value is -1.74. The summed E-state index contributed by atoms with van der Waals surface area (Å²) < 4.78 is 0. The van der Waals surface area contributed by atoms with Crippen LogP contribution in [0.15, 0.2) is 72.8 Å². The third kappa shape index (κ3) is 6.87. The molecule has 38 heavy (non-hydrogen) atoms. The largest absolute Gasteiger partial charge is 0.0746 e. The molecule has 202 valence electrons. The van der Waals surface area contributed by atoms with Crippen molar-refractivity contribution in [3.05, 3.63) is 72.8 Å². The van der Waals surface area contributed by atoms with Gasteiger partial charge >= 0.3 is 0 Å². The molecular weight excluding hydrogens is 494 g/mol. The van der Waals surface area contributed by atoms with E-state index < -0.39 is 0 Å². The summed E-state index contributed by atoms with van der Waals surface area (Å²) in [5, 5.41) is 9.03. The van der Waals surface area contributed by atoms with E-state index in [0.29, 0.717) is 0 Å². The molecule has 0 nitrogen and oxygen atoms in total. The Bertz CT molecular complexity index is 1170. The van der Waals surface area contributed by atoms with Gasteiger partial charge in [-0.05, 0) is 93.6 Å². The van der Waals surface area contributed by atoms with E-state index in [1.807, 2.05) is 0 Å². The number of unbranched alkanes of at least 4 members (excludes halogenated alkanes) is 4. The summed E-state index contributed by atoms with van der Waals surface area (Å²) in [5.74, 6) is 0. The van der Waals surface area contributed by atoms with Crippen molar-refractivity contribution in [1.82, 2.24) is 0 Å². The Morgan fingerprint density at radius 3 is 1.11 bits per heavy atom. The van der Waals surface area contributed by atoms with Gasteiger partial charge in [-0.15, -0.1) is 0 Å². The van der Waals surface area contributed by atoms with Crippen molar-refractivity contribution in [1.29, 1.82) is 0 Å². The Kier molecular flexibility index (Phi) is 11.7. The van der Waals surface area contributed by atoms with Crippen LogP contribution in [-0.4, -0.2) is 24.6 Å². The lowest BCUT2D eigenvalue weighted by Crippen LogP contribution is -2.17. The molecule has 0 radical (unpaired) electrons. The summed E-state index contributed by atoms with van der Waals surface area (Å²) in [4.78, 5) is 0. The molecule has 0 aliphatic rings. The molecule has 0 heterocycles. The summed E-state index contributed by atoms with van der Waals surface area (Å²) >= 11 is 0. The van der Waals surface area contributed by atoms with Gasteiger partial charge in [0.15, 0.2) is 0 Å². The highest BCUT2D eigenvalue weighted by Crippen LogP contribution is 2.47. The lowest BCUT2D eigenvalue weighted by Gasteiger charge is -2.28. The van der Waals surface area contributed by atoms with Crippen molar-refractivity contribution in [3.63, 3.8) is 0 Å². The Labute approximate surface area is 235 Å². The molecular formula is C36H48P2. The third-order valence-electron chi connectivity index (χ3n) is 7.87. The van der Waals surface area contributed by atoms with Crippen LogP contribution in [0.1, 0.15) is 79.1 Å². The molecule has 0 saturated heterocycles. The molecule has 0 aromatic heterocycles. The van der Waals surface area contributed by atoms with Crippen molar-refractivity contribution < 1.29 is 0 Å². The first-order valence-electron chi connectivity index (χ1n) is 15.3. The van der Waals surface area contributed by atoms with Crippen LogP contribution in [0.25, 0.3) is 32.7 Å². The van der Waals surface area contributed by atoms with Gasteiger partial charge in [0.1, 0.15) is 0 Å². The normalized spacial score (nSPS) is 11.8. The van der Waals surface area contributed by atoms with Crippen molar-refractivity contribution in [2.75, 3.05) is 24.6 Å². The van der Waals surface area contributed by atoms with Crippen molar-refractivity contribution in [3.8, 4) is 11.1 Å². The van der Waals surface area contributed by atoms with E-state index in [-0.39, 0.29) is 15.8 Å². The third-order valence-corrected chi connectivity index (χ3v) is 13.4. The quantitative estimate of drug-likeness (QED) is 0.131. The second-order valence-electron chi connectivity index (χ2n) is 10.7. The zero-order chi connectivity index (χ0) is 26.7. The minimum Gasteiger partial charge on any atom is -0.0746 e. The number of benzene rings is 4. The van der Waals surface area contributed by atoms with E-state index in [2.05, 4.69) is 100 Å². The predicted octanol–water partition coefficient (Wildman–Crippen LogP) is 11.1. The van der Waals surface area contributed by atoms with E-state index in [0.717, 1.165) is 0 Å². The fourth-order valence-corrected chi connectivity index (χ4v) is 11.5. The van der Waals surface area contributed by atoms with E-state index in [9.17, 15) is 0 Å². The number of hydrogen-bond acceptors (Lipinski definition) is 0. The van der Waals surface area contributed by atoms with E-state index in [1.165, 1.54) is 97.6 Å². The summed E-state index contributed by atoms with van der Waals surface area (Å²) in [6.07, 6.45) is 15.9. The molecule has 4 aromatic rings. The summed E-state index contributed by atoms with van der Waals surface area (Å²) in [5.41, 5.74) is 3.16. The van der Waals surface area contributed by atoms with Gasteiger partial charge in [0.25, 0.3) is 0 Å². The highest BCUT2D eigenvalue weighted by molar-refractivity contribution is 7.66. The van der Waals surface area contributed by atoms with Crippen LogP contribution in [0.4, 0.5) is 0 Å². The van der Waals surface area contributed by atoms with Gasteiger partial charge in [-0.3, -0.25) is 0 Å². The van der Waals surface area contributed by atoms with E-state index >= 15 is 0 Å². The summed E-state index contributed by atoms with van der Waals surface area (Å²) in [6.45, 7) is 9.41. The van der Waals surface area contributed by atoms with Gasteiger partial charge in [-0.25, -0.2) is 0 Å². The lowest BCUT2D eigenvalue weighted by molar-refractivity contribution is 0.870. The highest BCUT2D eigenvalue weighted by atomic mass is 31.1. The summed E-state index contributed by atoms with van der Waals surface area (Å²) in [7, 11) is -0.374. The van der Waals surface area contributed by atoms with Gasteiger partial charge in [0.2, 0.25) is 0 Å². The molecule has 0 unspecified atom stereocenters. The van der Waals surface area contributed by atoms with Crippen LogP contribution in [0, 0.1) is 0 Å². The molecule has 0 amide bonds. The van der Waals surface area contributed by atoms with Crippen LogP contribution < -0.4 is 10.6 Å². The van der Waals surface area contributed by atoms with E-state index in [1.54, 1.807) is 21.7 Å². The molecule has 4 aromatic carbocycles. The van der Waals surface area contributed by atoms with Crippen LogP contribution >= 0.6 is 15.8 Å². The average molecular weight is 543 g/mol. The maximum atomic E-state index is 2.54. The number of hydrogen-bond donors (Lipinski definition) is 0. The van der Waals surface area contributed by atoms with Crippen molar-refractivity contribution >= 4 is 48.0 Å². The molecule has 0 fully saturated rings. The van der Waals surface area contributed by atoms with Crippen molar-refractivity contribution in [2.24, 2.45) is 0 Å². The van der Waals surface area contributed by atoms with E-state index in [4.69, 9.17) is 0 Å². The average Bonchev–Trinajstić information content (AvgIpc) is 2.96. The van der Waals surface area contributed by atoms with Crippen LogP contribution in [0.2, 0.25) is 0 Å². The number of fused-ring (bicyclic) bond motifs is 2. The van der Waals surface area contributed by atoms with Gasteiger partial charge in [0.05, 0.1) is 0 Å². The smallest absolute Gasteiger partial charge is 0.00157 e. The zero-order valence-electron chi connectivity index (χ0n) is 24.3. The lowest BCUT2D eigenvalue weighted by atomic mass is 9.93. The molecule has 0 aliphatic heterocycles. The minimum absolute atomic E-state index is 0.187. The van der Waals surface area contributed by atoms with Gasteiger partial charge in [-0.1, -0.05) is 142 Å². The second-order valence-corrected chi connectivity index (χ2v) is 15.7. The molecule has 0 atom stereocenters. The standard InChI is InChI=1S/C36H48P2/c1-5-9-25-37(26-10-6-2)33-23-21-29-17-13-15-19-31(29)35(33)36-32-20-16-14-18-30(32)22-24-34(36)38(27-11-7-3)28-12-8-4/h13-24H,5-12,25-28H2,1-4H3. The Balaban J connectivity index is 2.05. The Morgan fingerprint density at radius 2 is 0.763 bits per heavy atom. The first kappa shape index (κ1) is 29.2. The monoisotopic (exact) mass is 542 g/mol. The van der Waals surface area contributed by atoms with Crippen LogP contribution in [-0.2, 0) is 0 Å². The van der Waals surface area contributed by atoms with Gasteiger partial charge < -0.3 is 0 Å². The molecule has 2 heteroatoms. The molecule has 0 N–H and O–H groups in total. The molecule has 0 saturated carbocycles. The van der Waals surface area contributed by atoms with Gasteiger partial charge in [-0.2, -0.15) is 0 Å².